The van der Waals surface area contributed by atoms with E-state index in [1.807, 2.05) is 12.1 Å². The first kappa shape index (κ1) is 22.9. The summed E-state index contributed by atoms with van der Waals surface area (Å²) in [5.74, 6) is -1.04. The van der Waals surface area contributed by atoms with Crippen LogP contribution in [0.5, 0.6) is 0 Å². The van der Waals surface area contributed by atoms with Crippen LogP contribution in [0.2, 0.25) is 0 Å². The van der Waals surface area contributed by atoms with Gasteiger partial charge in [0.05, 0.1) is 16.8 Å². The number of rotatable bonds is 4. The number of fused-ring (bicyclic) bond motifs is 1. The lowest BCUT2D eigenvalue weighted by atomic mass is 10.1. The van der Waals surface area contributed by atoms with E-state index < -0.39 is 23.2 Å². The van der Waals surface area contributed by atoms with Crippen LogP contribution in [0.15, 0.2) is 83.9 Å². The number of hydrogen-bond donors (Lipinski definition) is 3. The Morgan fingerprint density at radius 2 is 1.81 bits per heavy atom. The Hall–Kier alpha value is -4.86. The van der Waals surface area contributed by atoms with Gasteiger partial charge in [0, 0.05) is 35.0 Å². The number of benzene rings is 2. The SMILES string of the molecule is O=C1Nc2cc(NC(=O)c3cccn(-c4cccc(C(F)(F)F)c4)c3=O)ccc2/C1=C/c1ccc[nH]1. The van der Waals surface area contributed by atoms with Crippen molar-refractivity contribution in [1.29, 1.82) is 0 Å². The highest BCUT2D eigenvalue weighted by molar-refractivity contribution is 6.35. The molecule has 2 aromatic heterocycles. The van der Waals surface area contributed by atoms with E-state index in [9.17, 15) is 27.6 Å². The molecule has 4 aromatic rings. The molecule has 0 spiro atoms. The molecule has 2 amide bonds. The van der Waals surface area contributed by atoms with Crippen LogP contribution in [-0.4, -0.2) is 21.4 Å². The predicted octanol–water partition coefficient (Wildman–Crippen LogP) is 4.93. The van der Waals surface area contributed by atoms with Crippen molar-refractivity contribution in [3.63, 3.8) is 0 Å². The Morgan fingerprint density at radius 1 is 0.972 bits per heavy atom. The van der Waals surface area contributed by atoms with Gasteiger partial charge >= 0.3 is 6.18 Å². The summed E-state index contributed by atoms with van der Waals surface area (Å²) in [5.41, 5.74) is 0.714. The summed E-state index contributed by atoms with van der Waals surface area (Å²) in [6, 6.07) is 15.4. The molecule has 7 nitrogen and oxygen atoms in total. The highest BCUT2D eigenvalue weighted by atomic mass is 19.4. The summed E-state index contributed by atoms with van der Waals surface area (Å²) in [7, 11) is 0. The van der Waals surface area contributed by atoms with Crippen LogP contribution in [0.3, 0.4) is 0 Å². The van der Waals surface area contributed by atoms with Gasteiger partial charge in [0.15, 0.2) is 0 Å². The zero-order valence-electron chi connectivity index (χ0n) is 18.4. The molecule has 0 fully saturated rings. The number of amides is 2. The molecule has 3 N–H and O–H groups in total. The van der Waals surface area contributed by atoms with Gasteiger partial charge in [-0.2, -0.15) is 13.2 Å². The molecule has 36 heavy (non-hydrogen) atoms. The summed E-state index contributed by atoms with van der Waals surface area (Å²) in [6.07, 6.45) is 0.161. The number of nitrogens with one attached hydrogen (secondary N) is 3. The minimum Gasteiger partial charge on any atom is -0.362 e. The first-order valence-electron chi connectivity index (χ1n) is 10.7. The Labute approximate surface area is 201 Å². The summed E-state index contributed by atoms with van der Waals surface area (Å²) < 4.78 is 40.2. The lowest BCUT2D eigenvalue weighted by molar-refractivity contribution is -0.137. The molecule has 0 bridgehead atoms. The van der Waals surface area contributed by atoms with Gasteiger partial charge in [-0.3, -0.25) is 19.0 Å². The van der Waals surface area contributed by atoms with Crippen molar-refractivity contribution < 1.29 is 22.8 Å². The smallest absolute Gasteiger partial charge is 0.362 e. The first-order valence-corrected chi connectivity index (χ1v) is 10.7. The van der Waals surface area contributed by atoms with Crippen LogP contribution in [0, 0.1) is 0 Å². The van der Waals surface area contributed by atoms with Gasteiger partial charge in [-0.25, -0.2) is 0 Å². The fourth-order valence-corrected chi connectivity index (χ4v) is 3.91. The fraction of sp³-hybridized carbons (Fsp3) is 0.0385. The zero-order valence-corrected chi connectivity index (χ0v) is 18.4. The largest absolute Gasteiger partial charge is 0.416 e. The number of H-pyrrole nitrogens is 1. The van der Waals surface area contributed by atoms with E-state index >= 15 is 0 Å². The van der Waals surface area contributed by atoms with Gasteiger partial charge in [0.25, 0.3) is 17.4 Å². The molecule has 0 unspecified atom stereocenters. The van der Waals surface area contributed by atoms with Gasteiger partial charge in [-0.1, -0.05) is 12.1 Å². The van der Waals surface area contributed by atoms with Gasteiger partial charge in [0.1, 0.15) is 5.56 Å². The average Bonchev–Trinajstić information content (AvgIpc) is 3.46. The number of anilines is 2. The lowest BCUT2D eigenvalue weighted by Crippen LogP contribution is -2.28. The van der Waals surface area contributed by atoms with Crippen LogP contribution in [0.25, 0.3) is 17.3 Å². The first-order chi connectivity index (χ1) is 17.2. The van der Waals surface area contributed by atoms with Gasteiger partial charge in [-0.15, -0.1) is 0 Å². The number of halogens is 3. The number of carbonyl (C=O) groups is 2. The second kappa shape index (κ2) is 8.73. The van der Waals surface area contributed by atoms with Crippen molar-refractivity contribution in [2.75, 3.05) is 10.6 Å². The number of hydrogen-bond acceptors (Lipinski definition) is 3. The Bertz CT molecular complexity index is 1580. The van der Waals surface area contributed by atoms with E-state index in [2.05, 4.69) is 15.6 Å². The third-order valence-electron chi connectivity index (χ3n) is 5.63. The molecule has 5 rings (SSSR count). The highest BCUT2D eigenvalue weighted by Gasteiger charge is 2.30. The second-order valence-electron chi connectivity index (χ2n) is 8.00. The third-order valence-corrected chi connectivity index (χ3v) is 5.63. The molecule has 2 aromatic carbocycles. The van der Waals surface area contributed by atoms with Crippen molar-refractivity contribution >= 4 is 34.8 Å². The molecule has 1 aliphatic rings. The van der Waals surface area contributed by atoms with Gasteiger partial charge < -0.3 is 15.6 Å². The molecule has 0 atom stereocenters. The molecule has 0 saturated carbocycles. The van der Waals surface area contributed by atoms with Crippen molar-refractivity contribution in [2.45, 2.75) is 6.18 Å². The van der Waals surface area contributed by atoms with E-state index in [1.54, 1.807) is 30.5 Å². The van der Waals surface area contributed by atoms with E-state index in [0.29, 0.717) is 22.5 Å². The minimum atomic E-state index is -4.58. The van der Waals surface area contributed by atoms with Crippen molar-refractivity contribution in [2.24, 2.45) is 0 Å². The van der Waals surface area contributed by atoms with Crippen molar-refractivity contribution in [1.82, 2.24) is 9.55 Å². The quantitative estimate of drug-likeness (QED) is 0.354. The van der Waals surface area contributed by atoms with Gasteiger partial charge in [-0.05, 0) is 60.7 Å². The molecule has 180 valence electrons. The molecule has 3 heterocycles. The van der Waals surface area contributed by atoms with Crippen LogP contribution >= 0.6 is 0 Å². The predicted molar refractivity (Wildman–Crippen MR) is 129 cm³/mol. The number of aromatic amines is 1. The van der Waals surface area contributed by atoms with Crippen LogP contribution in [0.4, 0.5) is 24.5 Å². The molecule has 0 aliphatic carbocycles. The average molecular weight is 490 g/mol. The number of carbonyl (C=O) groups excluding carboxylic acids is 2. The van der Waals surface area contributed by atoms with E-state index in [-0.39, 0.29) is 17.2 Å². The topological polar surface area (TPSA) is 96.0 Å². The van der Waals surface area contributed by atoms with Gasteiger partial charge in [0.2, 0.25) is 0 Å². The third kappa shape index (κ3) is 4.31. The highest BCUT2D eigenvalue weighted by Crippen LogP contribution is 2.35. The molecule has 0 radical (unpaired) electrons. The maximum Gasteiger partial charge on any atom is 0.416 e. The maximum atomic E-state index is 13.1. The minimum absolute atomic E-state index is 0.0221. The Morgan fingerprint density at radius 3 is 2.56 bits per heavy atom. The number of aromatic nitrogens is 2. The summed E-state index contributed by atoms with van der Waals surface area (Å²) in [5, 5.41) is 5.35. The summed E-state index contributed by atoms with van der Waals surface area (Å²) >= 11 is 0. The second-order valence-corrected chi connectivity index (χ2v) is 8.00. The monoisotopic (exact) mass is 490 g/mol. The molecule has 10 heteroatoms. The van der Waals surface area contributed by atoms with Crippen LogP contribution in [-0.2, 0) is 11.0 Å². The standard InChI is InChI=1S/C26H17F3N4O3/c27-26(28,29)15-4-1-6-18(12-15)33-11-3-7-20(25(33)36)23(34)31-17-8-9-19-21(13-16-5-2-10-30-16)24(35)32-22(19)14-17/h1-14,30H,(H,31,34)(H,32,35)/b21-13-. The van der Waals surface area contributed by atoms with E-state index in [1.165, 1.54) is 30.5 Å². The number of alkyl halides is 3. The van der Waals surface area contributed by atoms with E-state index in [4.69, 9.17) is 0 Å². The molecule has 0 saturated heterocycles. The number of nitrogens with zero attached hydrogens (tertiary/aromatic N) is 1. The van der Waals surface area contributed by atoms with Crippen LogP contribution < -0.4 is 16.2 Å². The van der Waals surface area contributed by atoms with Crippen molar-refractivity contribution in [3.8, 4) is 5.69 Å². The Kier molecular flexibility index (Phi) is 5.56. The zero-order chi connectivity index (χ0) is 25.4. The van der Waals surface area contributed by atoms with Crippen molar-refractivity contribution in [3.05, 3.63) is 112 Å². The summed E-state index contributed by atoms with van der Waals surface area (Å²) in [6.45, 7) is 0. The number of pyridine rings is 1. The Balaban J connectivity index is 1.41. The van der Waals surface area contributed by atoms with Crippen LogP contribution in [0.1, 0.15) is 27.2 Å². The van der Waals surface area contributed by atoms with E-state index in [0.717, 1.165) is 22.4 Å². The molecular weight excluding hydrogens is 473 g/mol. The maximum absolute atomic E-state index is 13.1. The normalized spacial score (nSPS) is 14.0. The lowest BCUT2D eigenvalue weighted by Gasteiger charge is -2.12. The molecule has 1 aliphatic heterocycles. The summed E-state index contributed by atoms with van der Waals surface area (Å²) in [4.78, 5) is 41.2. The fourth-order valence-electron chi connectivity index (χ4n) is 3.91. The molecular formula is C26H17F3N4O3.